The lowest BCUT2D eigenvalue weighted by molar-refractivity contribution is 0.316. The van der Waals surface area contributed by atoms with Gasteiger partial charge in [-0.1, -0.05) is 54.6 Å². The molecule has 0 radical (unpaired) electrons. The molecule has 0 bridgehead atoms. The van der Waals surface area contributed by atoms with Crippen LogP contribution in [-0.2, 0) is 6.42 Å². The zero-order chi connectivity index (χ0) is 12.9. The number of benzene rings is 2. The molecule has 2 aromatic rings. The number of rotatable bonds is 3. The van der Waals surface area contributed by atoms with Gasteiger partial charge in [0.05, 0.1) is 6.61 Å². The Morgan fingerprint density at radius 2 is 1.74 bits per heavy atom. The van der Waals surface area contributed by atoms with Gasteiger partial charge in [0.25, 0.3) is 0 Å². The maximum Gasteiger partial charge on any atom is 0.126 e. The van der Waals surface area contributed by atoms with Gasteiger partial charge in [0.1, 0.15) is 5.75 Å². The Bertz CT molecular complexity index is 569. The quantitative estimate of drug-likeness (QED) is 0.780. The lowest BCUT2D eigenvalue weighted by Gasteiger charge is -2.19. The van der Waals surface area contributed by atoms with Crippen LogP contribution in [0.4, 0.5) is 0 Å². The van der Waals surface area contributed by atoms with E-state index in [-0.39, 0.29) is 0 Å². The Labute approximate surface area is 114 Å². The van der Waals surface area contributed by atoms with Crippen LogP contribution >= 0.6 is 0 Å². The van der Waals surface area contributed by atoms with E-state index in [0.29, 0.717) is 0 Å². The van der Waals surface area contributed by atoms with Crippen molar-refractivity contribution in [2.45, 2.75) is 19.3 Å². The molecule has 0 unspecified atom stereocenters. The maximum atomic E-state index is 5.68. The molecule has 0 saturated heterocycles. The molecule has 0 atom stereocenters. The third kappa shape index (κ3) is 2.87. The summed E-state index contributed by atoms with van der Waals surface area (Å²) in [6, 6.07) is 19.0. The number of allylic oxidation sites excluding steroid dienone is 1. The van der Waals surface area contributed by atoms with Gasteiger partial charge >= 0.3 is 0 Å². The molecule has 0 aromatic heterocycles. The zero-order valence-electron chi connectivity index (χ0n) is 11.0. The molecule has 3 rings (SSSR count). The number of fused-ring (bicyclic) bond motifs is 1. The normalized spacial score (nSPS) is 15.9. The van der Waals surface area contributed by atoms with Gasteiger partial charge in [-0.05, 0) is 30.0 Å². The van der Waals surface area contributed by atoms with Crippen LogP contribution < -0.4 is 4.74 Å². The third-order valence-corrected chi connectivity index (χ3v) is 3.53. The Morgan fingerprint density at radius 1 is 0.947 bits per heavy atom. The van der Waals surface area contributed by atoms with Gasteiger partial charge < -0.3 is 4.74 Å². The highest BCUT2D eigenvalue weighted by Gasteiger charge is 2.13. The molecule has 0 spiro atoms. The third-order valence-electron chi connectivity index (χ3n) is 3.53. The Balaban J connectivity index is 1.71. The summed E-state index contributed by atoms with van der Waals surface area (Å²) in [5.74, 6) is 1.03. The molecular weight excluding hydrogens is 232 g/mol. The van der Waals surface area contributed by atoms with Crippen LogP contribution in [-0.4, -0.2) is 6.61 Å². The van der Waals surface area contributed by atoms with E-state index in [2.05, 4.69) is 54.6 Å². The van der Waals surface area contributed by atoms with Gasteiger partial charge in [-0.15, -0.1) is 0 Å². The van der Waals surface area contributed by atoms with E-state index >= 15 is 0 Å². The monoisotopic (exact) mass is 250 g/mol. The highest BCUT2D eigenvalue weighted by molar-refractivity contribution is 5.71. The summed E-state index contributed by atoms with van der Waals surface area (Å²) in [5.41, 5.74) is 4.10. The topological polar surface area (TPSA) is 9.23 Å². The molecule has 1 nitrogen and oxygen atoms in total. The molecule has 1 heterocycles. The Hall–Kier alpha value is -2.02. The predicted molar refractivity (Wildman–Crippen MR) is 79.3 cm³/mol. The van der Waals surface area contributed by atoms with Crippen molar-refractivity contribution in [3.05, 3.63) is 71.8 Å². The molecule has 0 amide bonds. The minimum Gasteiger partial charge on any atom is -0.493 e. The van der Waals surface area contributed by atoms with Gasteiger partial charge in [0, 0.05) is 12.0 Å². The number of ether oxygens (including phenoxy) is 1. The average molecular weight is 250 g/mol. The van der Waals surface area contributed by atoms with E-state index in [1.807, 2.05) is 6.07 Å². The van der Waals surface area contributed by atoms with E-state index in [1.54, 1.807) is 0 Å². The van der Waals surface area contributed by atoms with Crippen LogP contribution in [0.25, 0.3) is 5.57 Å². The van der Waals surface area contributed by atoms with Crippen molar-refractivity contribution in [1.82, 2.24) is 0 Å². The van der Waals surface area contributed by atoms with Gasteiger partial charge in [-0.2, -0.15) is 0 Å². The average Bonchev–Trinajstić information content (AvgIpc) is 2.49. The fourth-order valence-corrected chi connectivity index (χ4v) is 2.53. The number of hydrogen-bond acceptors (Lipinski definition) is 1. The van der Waals surface area contributed by atoms with E-state index in [1.165, 1.54) is 16.7 Å². The molecular formula is C18H18O. The van der Waals surface area contributed by atoms with E-state index in [0.717, 1.165) is 31.6 Å². The lowest BCUT2D eigenvalue weighted by atomic mass is 9.97. The number of para-hydroxylation sites is 1. The van der Waals surface area contributed by atoms with Crippen molar-refractivity contribution < 1.29 is 4.74 Å². The highest BCUT2D eigenvalue weighted by atomic mass is 16.5. The van der Waals surface area contributed by atoms with Gasteiger partial charge in [-0.25, -0.2) is 0 Å². The van der Waals surface area contributed by atoms with Crippen LogP contribution in [0, 0.1) is 0 Å². The standard InChI is InChI=1S/C18H18O/c1-2-7-15(8-3-1)9-6-10-16-13-14-19-18-12-5-4-11-17(16)18/h1-5,7-8,10-12H,6,9,13-14H2/b16-10-. The molecule has 1 aliphatic rings. The number of hydrogen-bond donors (Lipinski definition) is 0. The first kappa shape index (κ1) is 12.0. The van der Waals surface area contributed by atoms with E-state index in [9.17, 15) is 0 Å². The smallest absolute Gasteiger partial charge is 0.126 e. The van der Waals surface area contributed by atoms with Gasteiger partial charge in [0.2, 0.25) is 0 Å². The van der Waals surface area contributed by atoms with Crippen LogP contribution in [0.3, 0.4) is 0 Å². The van der Waals surface area contributed by atoms with Crippen LogP contribution in [0.15, 0.2) is 60.7 Å². The predicted octanol–water partition coefficient (Wildman–Crippen LogP) is 4.49. The SMILES string of the molecule is C(/CCc1ccccc1)=C1\CCOc2ccccc21. The fourth-order valence-electron chi connectivity index (χ4n) is 2.53. The summed E-state index contributed by atoms with van der Waals surface area (Å²) in [6.07, 6.45) is 5.58. The lowest BCUT2D eigenvalue weighted by Crippen LogP contribution is -2.07. The molecule has 0 aliphatic carbocycles. The second-order valence-corrected chi connectivity index (χ2v) is 4.85. The highest BCUT2D eigenvalue weighted by Crippen LogP contribution is 2.32. The Kier molecular flexibility index (Phi) is 3.64. The second kappa shape index (κ2) is 5.75. The summed E-state index contributed by atoms with van der Waals surface area (Å²) in [4.78, 5) is 0. The molecule has 2 aromatic carbocycles. The number of aryl methyl sites for hydroxylation is 1. The minimum absolute atomic E-state index is 0.800. The Morgan fingerprint density at radius 3 is 2.63 bits per heavy atom. The van der Waals surface area contributed by atoms with Crippen molar-refractivity contribution in [3.63, 3.8) is 0 Å². The zero-order valence-corrected chi connectivity index (χ0v) is 11.0. The minimum atomic E-state index is 0.800. The van der Waals surface area contributed by atoms with Gasteiger partial charge in [0.15, 0.2) is 0 Å². The van der Waals surface area contributed by atoms with E-state index < -0.39 is 0 Å². The first-order valence-corrected chi connectivity index (χ1v) is 6.88. The van der Waals surface area contributed by atoms with Crippen molar-refractivity contribution in [2.75, 3.05) is 6.61 Å². The van der Waals surface area contributed by atoms with Crippen molar-refractivity contribution >= 4 is 5.57 Å². The maximum absolute atomic E-state index is 5.68. The van der Waals surface area contributed by atoms with Crippen LogP contribution in [0.5, 0.6) is 5.75 Å². The molecule has 0 N–H and O–H groups in total. The molecule has 0 saturated carbocycles. The summed E-state index contributed by atoms with van der Waals surface area (Å²) in [6.45, 7) is 0.800. The first-order chi connectivity index (χ1) is 9.43. The largest absolute Gasteiger partial charge is 0.493 e. The molecule has 0 fully saturated rings. The van der Waals surface area contributed by atoms with Crippen molar-refractivity contribution in [3.8, 4) is 5.75 Å². The molecule has 96 valence electrons. The van der Waals surface area contributed by atoms with Crippen LogP contribution in [0.2, 0.25) is 0 Å². The molecule has 1 heteroatoms. The fraction of sp³-hybridized carbons (Fsp3) is 0.222. The van der Waals surface area contributed by atoms with Crippen LogP contribution in [0.1, 0.15) is 24.0 Å². The second-order valence-electron chi connectivity index (χ2n) is 4.85. The van der Waals surface area contributed by atoms with Gasteiger partial charge in [-0.3, -0.25) is 0 Å². The van der Waals surface area contributed by atoms with E-state index in [4.69, 9.17) is 4.74 Å². The first-order valence-electron chi connectivity index (χ1n) is 6.88. The summed E-state index contributed by atoms with van der Waals surface area (Å²) in [7, 11) is 0. The van der Waals surface area contributed by atoms with Crippen molar-refractivity contribution in [2.24, 2.45) is 0 Å². The summed E-state index contributed by atoms with van der Waals surface area (Å²) >= 11 is 0. The van der Waals surface area contributed by atoms with Crippen molar-refractivity contribution in [1.29, 1.82) is 0 Å². The molecule has 1 aliphatic heterocycles. The summed E-state index contributed by atoms with van der Waals surface area (Å²) < 4.78 is 5.68. The summed E-state index contributed by atoms with van der Waals surface area (Å²) in [5, 5.41) is 0. The molecule has 19 heavy (non-hydrogen) atoms.